The van der Waals surface area contributed by atoms with E-state index in [0.29, 0.717) is 6.04 Å². The number of rotatable bonds is 5. The van der Waals surface area contributed by atoms with E-state index in [1.165, 1.54) is 17.8 Å². The Bertz CT molecular complexity index is 238. The van der Waals surface area contributed by atoms with Gasteiger partial charge in [-0.05, 0) is 18.6 Å². The zero-order chi connectivity index (χ0) is 9.68. The van der Waals surface area contributed by atoms with Gasteiger partial charge in [-0.15, -0.1) is 0 Å². The fraction of sp³-hybridized carbons (Fsp3) is 0.636. The fourth-order valence-corrected chi connectivity index (χ4v) is 1.32. The molecule has 2 nitrogen and oxygen atoms in total. The van der Waals surface area contributed by atoms with Gasteiger partial charge in [0, 0.05) is 24.0 Å². The predicted molar refractivity (Wildman–Crippen MR) is 56.8 cm³/mol. The van der Waals surface area contributed by atoms with Crippen LogP contribution >= 0.6 is 0 Å². The molecule has 0 aromatic carbocycles. The molecule has 1 rings (SSSR count). The van der Waals surface area contributed by atoms with Crippen molar-refractivity contribution >= 4 is 0 Å². The summed E-state index contributed by atoms with van der Waals surface area (Å²) in [5, 5.41) is 3.39. The summed E-state index contributed by atoms with van der Waals surface area (Å²) in [7, 11) is 0. The van der Waals surface area contributed by atoms with Crippen molar-refractivity contribution in [2.75, 3.05) is 0 Å². The molecular weight excluding hydrogens is 160 g/mol. The predicted octanol–water partition coefficient (Wildman–Crippen LogP) is 2.47. The Hall–Kier alpha value is -0.760. The zero-order valence-corrected chi connectivity index (χ0v) is 8.85. The number of aryl methyl sites for hydroxylation is 1. The van der Waals surface area contributed by atoms with E-state index in [9.17, 15) is 0 Å². The maximum atomic E-state index is 3.41. The van der Waals surface area contributed by atoms with E-state index >= 15 is 0 Å². The van der Waals surface area contributed by atoms with Gasteiger partial charge in [-0.1, -0.05) is 27.2 Å². The summed E-state index contributed by atoms with van der Waals surface area (Å²) in [5.74, 6) is 0. The number of hydrogen-bond acceptors (Lipinski definition) is 1. The monoisotopic (exact) mass is 180 g/mol. The van der Waals surface area contributed by atoms with E-state index in [-0.39, 0.29) is 0 Å². The van der Waals surface area contributed by atoms with Crippen molar-refractivity contribution in [1.82, 2.24) is 10.3 Å². The first-order valence-electron chi connectivity index (χ1n) is 5.12. The normalized spacial score (nSPS) is 11.1. The summed E-state index contributed by atoms with van der Waals surface area (Å²) in [6, 6.07) is 4.90. The summed E-state index contributed by atoms with van der Waals surface area (Å²) in [6.07, 6.45) is 2.36. The Morgan fingerprint density at radius 1 is 1.31 bits per heavy atom. The maximum absolute atomic E-state index is 3.41. The van der Waals surface area contributed by atoms with E-state index in [1.807, 2.05) is 0 Å². The highest BCUT2D eigenvalue weighted by Gasteiger charge is 1.98. The lowest BCUT2D eigenvalue weighted by Crippen LogP contribution is -2.21. The molecule has 13 heavy (non-hydrogen) atoms. The van der Waals surface area contributed by atoms with Gasteiger partial charge < -0.3 is 10.3 Å². The first-order chi connectivity index (χ1) is 6.22. The molecule has 1 aromatic rings. The Morgan fingerprint density at radius 2 is 2.00 bits per heavy atom. The van der Waals surface area contributed by atoms with Gasteiger partial charge in [-0.3, -0.25) is 0 Å². The highest BCUT2D eigenvalue weighted by Crippen LogP contribution is 2.04. The first kappa shape index (κ1) is 10.3. The van der Waals surface area contributed by atoms with Crippen LogP contribution in [0.2, 0.25) is 0 Å². The van der Waals surface area contributed by atoms with Crippen molar-refractivity contribution in [1.29, 1.82) is 0 Å². The fourth-order valence-electron chi connectivity index (χ4n) is 1.32. The molecule has 2 N–H and O–H groups in total. The molecule has 1 heterocycles. The molecule has 0 bridgehead atoms. The smallest absolute Gasteiger partial charge is 0.0359 e. The number of hydrogen-bond donors (Lipinski definition) is 2. The second-order valence-corrected chi connectivity index (χ2v) is 3.79. The van der Waals surface area contributed by atoms with Crippen LogP contribution in [0, 0.1) is 0 Å². The van der Waals surface area contributed by atoms with Gasteiger partial charge in [0.15, 0.2) is 0 Å². The van der Waals surface area contributed by atoms with Crippen molar-refractivity contribution in [3.8, 4) is 0 Å². The van der Waals surface area contributed by atoms with Crippen molar-refractivity contribution < 1.29 is 0 Å². The summed E-state index contributed by atoms with van der Waals surface area (Å²) < 4.78 is 0. The van der Waals surface area contributed by atoms with Crippen molar-refractivity contribution in [3.63, 3.8) is 0 Å². The average Bonchev–Trinajstić information content (AvgIpc) is 2.50. The molecule has 0 aliphatic carbocycles. The Balaban J connectivity index is 2.39. The Morgan fingerprint density at radius 3 is 2.62 bits per heavy atom. The van der Waals surface area contributed by atoms with Gasteiger partial charge in [-0.25, -0.2) is 0 Å². The molecule has 0 saturated heterocycles. The molecule has 0 unspecified atom stereocenters. The van der Waals surface area contributed by atoms with Gasteiger partial charge in [0.1, 0.15) is 0 Å². The molecule has 0 spiro atoms. The van der Waals surface area contributed by atoms with E-state index < -0.39 is 0 Å². The third kappa shape index (κ3) is 3.64. The average molecular weight is 180 g/mol. The van der Waals surface area contributed by atoms with Crippen LogP contribution in [-0.2, 0) is 13.0 Å². The van der Waals surface area contributed by atoms with E-state index in [2.05, 4.69) is 43.2 Å². The highest BCUT2D eigenvalue weighted by atomic mass is 14.9. The minimum atomic E-state index is 0.554. The molecule has 0 radical (unpaired) electrons. The lowest BCUT2D eigenvalue weighted by molar-refractivity contribution is 0.582. The second-order valence-electron chi connectivity index (χ2n) is 3.79. The van der Waals surface area contributed by atoms with Gasteiger partial charge in [0.2, 0.25) is 0 Å². The minimum absolute atomic E-state index is 0.554. The summed E-state index contributed by atoms with van der Waals surface area (Å²) in [5.41, 5.74) is 2.64. The molecular formula is C11H20N2. The third-order valence-corrected chi connectivity index (χ3v) is 2.03. The van der Waals surface area contributed by atoms with Crippen LogP contribution in [0.25, 0.3) is 0 Å². The van der Waals surface area contributed by atoms with Crippen LogP contribution in [0.1, 0.15) is 38.6 Å². The van der Waals surface area contributed by atoms with Crippen LogP contribution in [-0.4, -0.2) is 11.0 Å². The summed E-state index contributed by atoms with van der Waals surface area (Å²) in [6.45, 7) is 7.47. The number of aromatic nitrogens is 1. The van der Waals surface area contributed by atoms with E-state index in [0.717, 1.165) is 13.0 Å². The Labute approximate surface area is 80.7 Å². The molecule has 0 amide bonds. The van der Waals surface area contributed by atoms with Gasteiger partial charge >= 0.3 is 0 Å². The van der Waals surface area contributed by atoms with Gasteiger partial charge in [-0.2, -0.15) is 0 Å². The van der Waals surface area contributed by atoms with Crippen LogP contribution < -0.4 is 5.32 Å². The van der Waals surface area contributed by atoms with Crippen molar-refractivity contribution in [2.45, 2.75) is 46.2 Å². The van der Waals surface area contributed by atoms with Crippen molar-refractivity contribution in [2.24, 2.45) is 0 Å². The molecule has 2 heteroatoms. The van der Waals surface area contributed by atoms with Crippen LogP contribution in [0.15, 0.2) is 12.1 Å². The molecule has 74 valence electrons. The Kier molecular flexibility index (Phi) is 4.03. The summed E-state index contributed by atoms with van der Waals surface area (Å²) in [4.78, 5) is 3.41. The van der Waals surface area contributed by atoms with Gasteiger partial charge in [0.05, 0.1) is 0 Å². The van der Waals surface area contributed by atoms with Crippen LogP contribution in [0.3, 0.4) is 0 Å². The number of nitrogens with one attached hydrogen (secondary N) is 2. The molecule has 0 saturated carbocycles. The number of H-pyrrole nitrogens is 1. The molecule has 1 aromatic heterocycles. The van der Waals surface area contributed by atoms with E-state index in [1.54, 1.807) is 0 Å². The lowest BCUT2D eigenvalue weighted by Gasteiger charge is -2.05. The first-order valence-corrected chi connectivity index (χ1v) is 5.12. The molecule has 0 atom stereocenters. The zero-order valence-electron chi connectivity index (χ0n) is 8.85. The SMILES string of the molecule is CCCc1ccc(CNC(C)C)[nH]1. The summed E-state index contributed by atoms with van der Waals surface area (Å²) >= 11 is 0. The molecule has 0 aliphatic heterocycles. The number of aromatic amines is 1. The maximum Gasteiger partial charge on any atom is 0.0359 e. The van der Waals surface area contributed by atoms with Crippen LogP contribution in [0.4, 0.5) is 0 Å². The highest BCUT2D eigenvalue weighted by molar-refractivity contribution is 5.13. The quantitative estimate of drug-likeness (QED) is 0.715. The molecule has 0 fully saturated rings. The second kappa shape index (κ2) is 5.07. The standard InChI is InChI=1S/C11H20N2/c1-4-5-10-6-7-11(13-10)8-12-9(2)3/h6-7,9,12-13H,4-5,8H2,1-3H3. The largest absolute Gasteiger partial charge is 0.361 e. The lowest BCUT2D eigenvalue weighted by atomic mass is 10.3. The van der Waals surface area contributed by atoms with Crippen molar-refractivity contribution in [3.05, 3.63) is 23.5 Å². The van der Waals surface area contributed by atoms with E-state index in [4.69, 9.17) is 0 Å². The van der Waals surface area contributed by atoms with Crippen LogP contribution in [0.5, 0.6) is 0 Å². The molecule has 0 aliphatic rings. The minimum Gasteiger partial charge on any atom is -0.361 e. The topological polar surface area (TPSA) is 27.8 Å². The van der Waals surface area contributed by atoms with Gasteiger partial charge in [0.25, 0.3) is 0 Å². The third-order valence-electron chi connectivity index (χ3n) is 2.03.